The molecule has 0 aliphatic heterocycles. The van der Waals surface area contributed by atoms with Gasteiger partial charge in [-0.3, -0.25) is 11.3 Å². The first-order valence-corrected chi connectivity index (χ1v) is 4.79. The molecule has 1 aromatic carbocycles. The second kappa shape index (κ2) is 4.61. The maximum absolute atomic E-state index is 5.86. The highest BCUT2D eigenvalue weighted by Gasteiger charge is 2.09. The van der Waals surface area contributed by atoms with Crippen LogP contribution in [-0.2, 0) is 0 Å². The predicted molar refractivity (Wildman–Crippen MR) is 56.5 cm³/mol. The molecule has 0 saturated carbocycles. The third kappa shape index (κ3) is 2.44. The highest BCUT2D eigenvalue weighted by Crippen LogP contribution is 2.22. The van der Waals surface area contributed by atoms with Crippen molar-refractivity contribution in [3.8, 4) is 0 Å². The second-order valence-corrected chi connectivity index (χ2v) is 3.56. The molecule has 3 N–H and O–H groups in total. The largest absolute Gasteiger partial charge is 0.271 e. The number of nitrogens with two attached hydrogens (primary N) is 1. The lowest BCUT2D eigenvalue weighted by Crippen LogP contribution is -2.27. The summed E-state index contributed by atoms with van der Waals surface area (Å²) < 4.78 is 0. The summed E-state index contributed by atoms with van der Waals surface area (Å²) in [6.45, 7) is 4.14. The molecule has 1 rings (SSSR count). The molecule has 0 aliphatic carbocycles. The fraction of sp³-hybridized carbons (Fsp3) is 0.400. The average molecular weight is 199 g/mol. The topological polar surface area (TPSA) is 38.0 Å². The van der Waals surface area contributed by atoms with Gasteiger partial charge in [0.2, 0.25) is 0 Å². The van der Waals surface area contributed by atoms with Gasteiger partial charge in [-0.2, -0.15) is 0 Å². The average Bonchev–Trinajstić information content (AvgIpc) is 2.10. The molecule has 0 aliphatic rings. The predicted octanol–water partition coefficient (Wildman–Crippen LogP) is 2.56. The lowest BCUT2D eigenvalue weighted by molar-refractivity contribution is 0.537. The number of aryl methyl sites for hydroxylation is 1. The van der Waals surface area contributed by atoms with Crippen molar-refractivity contribution in [1.82, 2.24) is 5.43 Å². The molecule has 72 valence electrons. The Hall–Kier alpha value is -0.570. The molecule has 0 fully saturated rings. The highest BCUT2D eigenvalue weighted by molar-refractivity contribution is 6.30. The van der Waals surface area contributed by atoms with Gasteiger partial charge in [0, 0.05) is 11.1 Å². The van der Waals surface area contributed by atoms with Gasteiger partial charge in [0.15, 0.2) is 0 Å². The Morgan fingerprint density at radius 3 is 2.69 bits per heavy atom. The quantitative estimate of drug-likeness (QED) is 0.579. The van der Waals surface area contributed by atoms with Gasteiger partial charge in [-0.1, -0.05) is 24.6 Å². The summed E-state index contributed by atoms with van der Waals surface area (Å²) >= 11 is 5.86. The van der Waals surface area contributed by atoms with Gasteiger partial charge in [0.05, 0.1) is 0 Å². The van der Waals surface area contributed by atoms with E-state index in [4.69, 9.17) is 17.4 Å². The highest BCUT2D eigenvalue weighted by atomic mass is 35.5. The molecule has 2 nitrogen and oxygen atoms in total. The van der Waals surface area contributed by atoms with Crippen molar-refractivity contribution in [3.05, 3.63) is 34.3 Å². The first-order chi connectivity index (χ1) is 6.19. The van der Waals surface area contributed by atoms with Crippen LogP contribution in [0.25, 0.3) is 0 Å². The van der Waals surface area contributed by atoms with Crippen molar-refractivity contribution in [3.63, 3.8) is 0 Å². The third-order valence-corrected chi connectivity index (χ3v) is 2.45. The summed E-state index contributed by atoms with van der Waals surface area (Å²) in [5.41, 5.74) is 5.18. The number of halogens is 1. The minimum absolute atomic E-state index is 0.220. The number of nitrogens with one attached hydrogen (secondary N) is 1. The molecule has 1 unspecified atom stereocenters. The molecule has 0 spiro atoms. The Labute approximate surface area is 84.1 Å². The van der Waals surface area contributed by atoms with E-state index in [0.29, 0.717) is 0 Å². The maximum atomic E-state index is 5.86. The molecule has 0 radical (unpaired) electrons. The van der Waals surface area contributed by atoms with Gasteiger partial charge < -0.3 is 0 Å². The third-order valence-electron chi connectivity index (χ3n) is 2.22. The van der Waals surface area contributed by atoms with E-state index in [9.17, 15) is 0 Å². The van der Waals surface area contributed by atoms with E-state index in [2.05, 4.69) is 12.3 Å². The minimum atomic E-state index is 0.220. The molecule has 0 amide bonds. The van der Waals surface area contributed by atoms with Gasteiger partial charge in [-0.05, 0) is 36.6 Å². The fourth-order valence-electron chi connectivity index (χ4n) is 1.46. The smallest absolute Gasteiger partial charge is 0.0460 e. The molecule has 3 heteroatoms. The van der Waals surface area contributed by atoms with E-state index in [1.165, 1.54) is 11.1 Å². The standard InChI is InChI=1S/C10H15ClN2/c1-3-10(13-12)9-5-4-8(11)6-7(9)2/h4-6,10,13H,3,12H2,1-2H3. The van der Waals surface area contributed by atoms with Crippen LogP contribution in [0.3, 0.4) is 0 Å². The Bertz CT molecular complexity index is 282. The van der Waals surface area contributed by atoms with Crippen LogP contribution >= 0.6 is 11.6 Å². The maximum Gasteiger partial charge on any atom is 0.0460 e. The zero-order valence-corrected chi connectivity index (χ0v) is 8.73. The molecule has 1 aromatic rings. The Morgan fingerprint density at radius 1 is 1.54 bits per heavy atom. The molecule has 0 aromatic heterocycles. The minimum Gasteiger partial charge on any atom is -0.271 e. The summed E-state index contributed by atoms with van der Waals surface area (Å²) in [7, 11) is 0. The van der Waals surface area contributed by atoms with Crippen LogP contribution in [0.2, 0.25) is 5.02 Å². The van der Waals surface area contributed by atoms with E-state index < -0.39 is 0 Å². The van der Waals surface area contributed by atoms with Crippen molar-refractivity contribution >= 4 is 11.6 Å². The van der Waals surface area contributed by atoms with Gasteiger partial charge in [0.1, 0.15) is 0 Å². The van der Waals surface area contributed by atoms with Gasteiger partial charge in [-0.15, -0.1) is 0 Å². The van der Waals surface area contributed by atoms with Crippen LogP contribution in [-0.4, -0.2) is 0 Å². The van der Waals surface area contributed by atoms with Crippen LogP contribution in [0.1, 0.15) is 30.5 Å². The van der Waals surface area contributed by atoms with Crippen LogP contribution in [0.4, 0.5) is 0 Å². The van der Waals surface area contributed by atoms with Crippen molar-refractivity contribution in [2.45, 2.75) is 26.3 Å². The number of hydrazine groups is 1. The Kier molecular flexibility index (Phi) is 3.72. The second-order valence-electron chi connectivity index (χ2n) is 3.13. The van der Waals surface area contributed by atoms with E-state index in [1.54, 1.807) is 0 Å². The summed E-state index contributed by atoms with van der Waals surface area (Å²) in [5.74, 6) is 5.44. The first-order valence-electron chi connectivity index (χ1n) is 4.41. The molecular formula is C10H15ClN2. The molecule has 0 bridgehead atoms. The monoisotopic (exact) mass is 198 g/mol. The SMILES string of the molecule is CCC(NN)c1ccc(Cl)cc1C. The van der Waals surface area contributed by atoms with Crippen molar-refractivity contribution in [1.29, 1.82) is 0 Å². The van der Waals surface area contributed by atoms with E-state index in [1.807, 2.05) is 25.1 Å². The van der Waals surface area contributed by atoms with Crippen LogP contribution in [0.15, 0.2) is 18.2 Å². The molecule has 1 atom stereocenters. The normalized spacial score (nSPS) is 12.9. The molecular weight excluding hydrogens is 184 g/mol. The molecule has 0 heterocycles. The van der Waals surface area contributed by atoms with Crippen molar-refractivity contribution in [2.24, 2.45) is 5.84 Å². The molecule has 0 saturated heterocycles. The zero-order valence-electron chi connectivity index (χ0n) is 7.97. The van der Waals surface area contributed by atoms with Gasteiger partial charge in [0.25, 0.3) is 0 Å². The van der Waals surface area contributed by atoms with Crippen LogP contribution in [0, 0.1) is 6.92 Å². The van der Waals surface area contributed by atoms with Crippen molar-refractivity contribution in [2.75, 3.05) is 0 Å². The molecule has 13 heavy (non-hydrogen) atoms. The number of hydrogen-bond acceptors (Lipinski definition) is 2. The first kappa shape index (κ1) is 10.5. The van der Waals surface area contributed by atoms with E-state index >= 15 is 0 Å². The Balaban J connectivity index is 2.99. The number of rotatable bonds is 3. The van der Waals surface area contributed by atoms with Gasteiger partial charge >= 0.3 is 0 Å². The van der Waals surface area contributed by atoms with Gasteiger partial charge in [-0.25, -0.2) is 0 Å². The zero-order chi connectivity index (χ0) is 9.84. The lowest BCUT2D eigenvalue weighted by atomic mass is 10.0. The van der Waals surface area contributed by atoms with E-state index in [0.717, 1.165) is 11.4 Å². The number of hydrogen-bond donors (Lipinski definition) is 2. The fourth-order valence-corrected chi connectivity index (χ4v) is 1.68. The summed E-state index contributed by atoms with van der Waals surface area (Å²) in [5, 5.41) is 0.771. The van der Waals surface area contributed by atoms with Crippen molar-refractivity contribution < 1.29 is 0 Å². The van der Waals surface area contributed by atoms with E-state index in [-0.39, 0.29) is 6.04 Å². The lowest BCUT2D eigenvalue weighted by Gasteiger charge is -2.16. The summed E-state index contributed by atoms with van der Waals surface area (Å²) in [6.07, 6.45) is 0.971. The number of benzene rings is 1. The summed E-state index contributed by atoms with van der Waals surface area (Å²) in [6, 6.07) is 6.09. The summed E-state index contributed by atoms with van der Waals surface area (Å²) in [4.78, 5) is 0. The van der Waals surface area contributed by atoms with Crippen LogP contribution < -0.4 is 11.3 Å². The van der Waals surface area contributed by atoms with Crippen LogP contribution in [0.5, 0.6) is 0 Å². The Morgan fingerprint density at radius 2 is 2.23 bits per heavy atom.